The summed E-state index contributed by atoms with van der Waals surface area (Å²) in [7, 11) is 0. The van der Waals surface area contributed by atoms with Crippen molar-refractivity contribution in [2.45, 2.75) is 50.7 Å². The van der Waals surface area contributed by atoms with Crippen molar-refractivity contribution in [3.05, 3.63) is 23.9 Å². The zero-order valence-corrected chi connectivity index (χ0v) is 12.0. The number of pyridine rings is 1. The first-order valence-corrected chi connectivity index (χ1v) is 7.54. The summed E-state index contributed by atoms with van der Waals surface area (Å²) >= 11 is 4.43. The van der Waals surface area contributed by atoms with Gasteiger partial charge in [-0.2, -0.15) is 12.6 Å². The Kier molecular flexibility index (Phi) is 5.36. The summed E-state index contributed by atoms with van der Waals surface area (Å²) in [5, 5.41) is 0.230. The Labute approximate surface area is 116 Å². The third-order valence-electron chi connectivity index (χ3n) is 3.74. The third kappa shape index (κ3) is 4.20. The molecule has 0 radical (unpaired) electrons. The standard InChI is InChI=1S/C15H23NOS/c1-12(18)14-7-9-16-15(11-14)17-10-8-13-5-3-2-4-6-13/h7,9,11-13,18H,2-6,8,10H2,1H3. The molecule has 1 aliphatic carbocycles. The summed E-state index contributed by atoms with van der Waals surface area (Å²) in [6.45, 7) is 2.85. The van der Waals surface area contributed by atoms with E-state index in [4.69, 9.17) is 4.74 Å². The Morgan fingerprint density at radius 3 is 2.89 bits per heavy atom. The van der Waals surface area contributed by atoms with Crippen molar-refractivity contribution in [3.63, 3.8) is 0 Å². The Bertz CT molecular complexity index is 361. The minimum Gasteiger partial charge on any atom is -0.478 e. The third-order valence-corrected chi connectivity index (χ3v) is 4.04. The smallest absolute Gasteiger partial charge is 0.213 e. The number of thiol groups is 1. The van der Waals surface area contributed by atoms with Crippen LogP contribution in [0.2, 0.25) is 0 Å². The molecule has 1 aromatic heterocycles. The van der Waals surface area contributed by atoms with E-state index in [1.807, 2.05) is 12.1 Å². The lowest BCUT2D eigenvalue weighted by molar-refractivity contribution is 0.240. The van der Waals surface area contributed by atoms with E-state index < -0.39 is 0 Å². The topological polar surface area (TPSA) is 22.1 Å². The number of nitrogens with zero attached hydrogens (tertiary/aromatic N) is 1. The molecule has 0 aromatic carbocycles. The minimum absolute atomic E-state index is 0.230. The molecule has 0 bridgehead atoms. The van der Waals surface area contributed by atoms with E-state index in [1.54, 1.807) is 6.20 Å². The largest absolute Gasteiger partial charge is 0.478 e. The first-order chi connectivity index (χ1) is 8.75. The van der Waals surface area contributed by atoms with Crippen LogP contribution in [0.4, 0.5) is 0 Å². The van der Waals surface area contributed by atoms with E-state index in [9.17, 15) is 0 Å². The van der Waals surface area contributed by atoms with E-state index in [0.717, 1.165) is 18.4 Å². The van der Waals surface area contributed by atoms with Crippen LogP contribution in [0.3, 0.4) is 0 Å². The highest BCUT2D eigenvalue weighted by Crippen LogP contribution is 2.26. The lowest BCUT2D eigenvalue weighted by Gasteiger charge is -2.21. The predicted octanol–water partition coefficient (Wildman–Crippen LogP) is 4.42. The highest BCUT2D eigenvalue weighted by atomic mass is 32.1. The first-order valence-electron chi connectivity index (χ1n) is 7.02. The van der Waals surface area contributed by atoms with Crippen molar-refractivity contribution in [2.24, 2.45) is 5.92 Å². The summed E-state index contributed by atoms with van der Waals surface area (Å²) in [5.74, 6) is 1.61. The summed E-state index contributed by atoms with van der Waals surface area (Å²) < 4.78 is 5.75. The fourth-order valence-corrected chi connectivity index (χ4v) is 2.73. The van der Waals surface area contributed by atoms with Gasteiger partial charge in [-0.15, -0.1) is 0 Å². The molecule has 0 saturated heterocycles. The second-order valence-corrected chi connectivity index (χ2v) is 6.02. The van der Waals surface area contributed by atoms with Crippen LogP contribution in [0.5, 0.6) is 5.88 Å². The van der Waals surface area contributed by atoms with Crippen molar-refractivity contribution in [1.29, 1.82) is 0 Å². The van der Waals surface area contributed by atoms with Crippen molar-refractivity contribution in [1.82, 2.24) is 4.98 Å². The van der Waals surface area contributed by atoms with Crippen molar-refractivity contribution in [2.75, 3.05) is 6.61 Å². The van der Waals surface area contributed by atoms with Crippen LogP contribution in [0.25, 0.3) is 0 Å². The average Bonchev–Trinajstić information content (AvgIpc) is 2.40. The van der Waals surface area contributed by atoms with Gasteiger partial charge in [0.15, 0.2) is 0 Å². The van der Waals surface area contributed by atoms with Crippen LogP contribution in [0.1, 0.15) is 56.3 Å². The Balaban J connectivity index is 1.77. The zero-order valence-electron chi connectivity index (χ0n) is 11.1. The lowest BCUT2D eigenvalue weighted by Crippen LogP contribution is -2.11. The molecule has 0 N–H and O–H groups in total. The van der Waals surface area contributed by atoms with E-state index in [-0.39, 0.29) is 5.25 Å². The lowest BCUT2D eigenvalue weighted by atomic mass is 9.87. The fraction of sp³-hybridized carbons (Fsp3) is 0.667. The number of hydrogen-bond acceptors (Lipinski definition) is 3. The second kappa shape index (κ2) is 7.03. The fourth-order valence-electron chi connectivity index (χ4n) is 2.57. The van der Waals surface area contributed by atoms with E-state index >= 15 is 0 Å². The molecule has 0 amide bonds. The molecule has 18 heavy (non-hydrogen) atoms. The number of rotatable bonds is 5. The number of hydrogen-bond donors (Lipinski definition) is 1. The van der Waals surface area contributed by atoms with E-state index in [1.165, 1.54) is 44.1 Å². The van der Waals surface area contributed by atoms with Crippen LogP contribution in [0, 0.1) is 5.92 Å². The molecule has 100 valence electrons. The summed E-state index contributed by atoms with van der Waals surface area (Å²) in [6.07, 6.45) is 9.95. The van der Waals surface area contributed by atoms with Gasteiger partial charge in [-0.05, 0) is 30.9 Å². The Hall–Kier alpha value is -0.700. The molecule has 1 aromatic rings. The van der Waals surface area contributed by atoms with Gasteiger partial charge in [0.05, 0.1) is 6.61 Å². The van der Waals surface area contributed by atoms with Crippen LogP contribution >= 0.6 is 12.6 Å². The molecule has 2 rings (SSSR count). The number of aromatic nitrogens is 1. The van der Waals surface area contributed by atoms with Crippen LogP contribution in [-0.4, -0.2) is 11.6 Å². The molecule has 1 unspecified atom stereocenters. The zero-order chi connectivity index (χ0) is 12.8. The maximum atomic E-state index is 5.75. The molecular formula is C15H23NOS. The van der Waals surface area contributed by atoms with Gasteiger partial charge in [-0.25, -0.2) is 4.98 Å². The van der Waals surface area contributed by atoms with Crippen molar-refractivity contribution >= 4 is 12.6 Å². The number of ether oxygens (including phenoxy) is 1. The van der Waals surface area contributed by atoms with Gasteiger partial charge in [-0.3, -0.25) is 0 Å². The quantitative estimate of drug-likeness (QED) is 0.796. The second-order valence-electron chi connectivity index (χ2n) is 5.24. The van der Waals surface area contributed by atoms with Gasteiger partial charge in [-0.1, -0.05) is 32.1 Å². The molecule has 3 heteroatoms. The Morgan fingerprint density at radius 1 is 1.39 bits per heavy atom. The van der Waals surface area contributed by atoms with Crippen LogP contribution < -0.4 is 4.74 Å². The van der Waals surface area contributed by atoms with Gasteiger partial charge in [0.2, 0.25) is 5.88 Å². The highest BCUT2D eigenvalue weighted by molar-refractivity contribution is 7.80. The SMILES string of the molecule is CC(S)c1ccnc(OCCC2CCCCC2)c1. The van der Waals surface area contributed by atoms with Gasteiger partial charge >= 0.3 is 0 Å². The van der Waals surface area contributed by atoms with Gasteiger partial charge in [0, 0.05) is 17.5 Å². The average molecular weight is 265 g/mol. The normalized spacial score (nSPS) is 18.6. The van der Waals surface area contributed by atoms with Gasteiger partial charge < -0.3 is 4.74 Å². The predicted molar refractivity (Wildman–Crippen MR) is 78.3 cm³/mol. The van der Waals surface area contributed by atoms with Crippen molar-refractivity contribution < 1.29 is 4.74 Å². The molecule has 1 heterocycles. The first kappa shape index (κ1) is 13.7. The van der Waals surface area contributed by atoms with Crippen LogP contribution in [-0.2, 0) is 0 Å². The monoisotopic (exact) mass is 265 g/mol. The molecular weight excluding hydrogens is 242 g/mol. The molecule has 2 nitrogen and oxygen atoms in total. The van der Waals surface area contributed by atoms with Gasteiger partial charge in [0.25, 0.3) is 0 Å². The molecule has 1 aliphatic rings. The minimum atomic E-state index is 0.230. The Morgan fingerprint density at radius 2 is 2.17 bits per heavy atom. The maximum Gasteiger partial charge on any atom is 0.213 e. The summed E-state index contributed by atoms with van der Waals surface area (Å²) in [4.78, 5) is 4.25. The van der Waals surface area contributed by atoms with E-state index in [0.29, 0.717) is 0 Å². The summed E-state index contributed by atoms with van der Waals surface area (Å²) in [6, 6.07) is 3.99. The molecule has 1 atom stereocenters. The summed E-state index contributed by atoms with van der Waals surface area (Å²) in [5.41, 5.74) is 1.17. The van der Waals surface area contributed by atoms with Crippen molar-refractivity contribution in [3.8, 4) is 5.88 Å². The van der Waals surface area contributed by atoms with Gasteiger partial charge in [0.1, 0.15) is 0 Å². The molecule has 1 fully saturated rings. The van der Waals surface area contributed by atoms with E-state index in [2.05, 4.69) is 24.5 Å². The molecule has 1 saturated carbocycles. The van der Waals surface area contributed by atoms with Crippen LogP contribution in [0.15, 0.2) is 18.3 Å². The molecule has 0 aliphatic heterocycles. The maximum absolute atomic E-state index is 5.75. The molecule has 0 spiro atoms. The highest BCUT2D eigenvalue weighted by Gasteiger charge is 2.13.